The summed E-state index contributed by atoms with van der Waals surface area (Å²) < 4.78 is 28.9. The van der Waals surface area contributed by atoms with E-state index in [2.05, 4.69) is 0 Å². The zero-order chi connectivity index (χ0) is 14.1. The number of hydrogen-bond donors (Lipinski definition) is 1. The van der Waals surface area contributed by atoms with E-state index >= 15 is 0 Å². The Hall–Kier alpha value is -0.310. The van der Waals surface area contributed by atoms with Crippen LogP contribution in [0.1, 0.15) is 12.8 Å². The van der Waals surface area contributed by atoms with Crippen molar-refractivity contribution >= 4 is 27.5 Å². The smallest absolute Gasteiger partial charge is 0.243 e. The lowest BCUT2D eigenvalue weighted by atomic mass is 9.89. The largest absolute Gasteiger partial charge is 0.381 e. The molecule has 1 atom stereocenters. The maximum atomic E-state index is 12.6. The number of nitrogens with zero attached hydrogens (tertiary/aromatic N) is 1. The molecule has 6 nitrogen and oxygen atoms in total. The first-order chi connectivity index (χ1) is 8.84. The van der Waals surface area contributed by atoms with Crippen LogP contribution in [0.15, 0.2) is 0 Å². The van der Waals surface area contributed by atoms with Crippen LogP contribution in [0, 0.1) is 0 Å². The Morgan fingerprint density at radius 3 is 2.63 bits per heavy atom. The van der Waals surface area contributed by atoms with Gasteiger partial charge in [0.15, 0.2) is 9.84 Å². The van der Waals surface area contributed by atoms with Gasteiger partial charge in [-0.1, -0.05) is 0 Å². The molecule has 0 radical (unpaired) electrons. The zero-order valence-electron chi connectivity index (χ0n) is 11.0. The number of hydrogen-bond acceptors (Lipinski definition) is 6. The summed E-state index contributed by atoms with van der Waals surface area (Å²) in [6.45, 7) is 1.35. The molecule has 2 saturated heterocycles. The molecule has 2 fully saturated rings. The predicted molar refractivity (Wildman–Crippen MR) is 74.6 cm³/mol. The van der Waals surface area contributed by atoms with Crippen molar-refractivity contribution in [2.45, 2.75) is 23.8 Å². The molecule has 0 spiro atoms. The van der Waals surface area contributed by atoms with Gasteiger partial charge in [-0.2, -0.15) is 11.8 Å². The summed E-state index contributed by atoms with van der Waals surface area (Å²) in [5.74, 6) is 0.938. The van der Waals surface area contributed by atoms with Crippen molar-refractivity contribution in [3.05, 3.63) is 0 Å². The third-order valence-electron chi connectivity index (χ3n) is 3.65. The van der Waals surface area contributed by atoms with Crippen molar-refractivity contribution < 1.29 is 17.9 Å². The molecule has 2 aliphatic rings. The summed E-state index contributed by atoms with van der Waals surface area (Å²) in [5, 5.41) is -0.748. The number of amides is 1. The second kappa shape index (κ2) is 5.59. The molecule has 2 aliphatic heterocycles. The van der Waals surface area contributed by atoms with Gasteiger partial charge in [0, 0.05) is 37.5 Å². The highest BCUT2D eigenvalue weighted by Gasteiger charge is 2.44. The lowest BCUT2D eigenvalue weighted by Crippen LogP contribution is -2.62. The minimum atomic E-state index is -3.29. The van der Waals surface area contributed by atoms with Crippen LogP contribution in [-0.4, -0.2) is 67.7 Å². The van der Waals surface area contributed by atoms with Crippen LogP contribution in [0.4, 0.5) is 0 Å². The van der Waals surface area contributed by atoms with Crippen molar-refractivity contribution in [2.24, 2.45) is 5.73 Å². The van der Waals surface area contributed by atoms with Gasteiger partial charge in [0.05, 0.1) is 5.54 Å². The molecule has 2 rings (SSSR count). The van der Waals surface area contributed by atoms with Crippen LogP contribution in [0.25, 0.3) is 0 Å². The van der Waals surface area contributed by atoms with Gasteiger partial charge in [-0.15, -0.1) is 0 Å². The first-order valence-corrected chi connectivity index (χ1v) is 9.40. The van der Waals surface area contributed by atoms with Crippen LogP contribution in [0.2, 0.25) is 0 Å². The summed E-state index contributed by atoms with van der Waals surface area (Å²) in [7, 11) is -3.29. The average molecular weight is 308 g/mol. The lowest BCUT2D eigenvalue weighted by Gasteiger charge is -2.41. The van der Waals surface area contributed by atoms with Gasteiger partial charge in [0.2, 0.25) is 5.91 Å². The van der Waals surface area contributed by atoms with Crippen LogP contribution in [0.5, 0.6) is 0 Å². The monoisotopic (exact) mass is 308 g/mol. The second-order valence-electron chi connectivity index (χ2n) is 5.13. The third-order valence-corrected chi connectivity index (χ3v) is 6.29. The highest BCUT2D eigenvalue weighted by molar-refractivity contribution is 8.00. The van der Waals surface area contributed by atoms with Crippen molar-refractivity contribution in [1.29, 1.82) is 0 Å². The number of sulfone groups is 1. The van der Waals surface area contributed by atoms with E-state index in [9.17, 15) is 13.2 Å². The van der Waals surface area contributed by atoms with E-state index in [1.165, 1.54) is 11.2 Å². The van der Waals surface area contributed by atoms with E-state index in [0.29, 0.717) is 38.4 Å². The molecule has 0 saturated carbocycles. The Balaban J connectivity index is 2.20. The number of ether oxygens (including phenoxy) is 1. The molecule has 0 aromatic carbocycles. The van der Waals surface area contributed by atoms with E-state index in [1.54, 1.807) is 11.8 Å². The number of rotatable bonds is 2. The lowest BCUT2D eigenvalue weighted by molar-refractivity contribution is -0.141. The summed E-state index contributed by atoms with van der Waals surface area (Å²) in [4.78, 5) is 14.1. The van der Waals surface area contributed by atoms with Crippen molar-refractivity contribution in [3.63, 3.8) is 0 Å². The Morgan fingerprint density at radius 2 is 2.05 bits per heavy atom. The Labute approximate surface area is 118 Å². The predicted octanol–water partition coefficient (Wildman–Crippen LogP) is -0.560. The average Bonchev–Trinajstić information content (AvgIpc) is 2.38. The van der Waals surface area contributed by atoms with E-state index in [-0.39, 0.29) is 5.91 Å². The molecular formula is C11H20N2O4S2. The maximum absolute atomic E-state index is 12.6. The first-order valence-electron chi connectivity index (χ1n) is 6.29. The fourth-order valence-electron chi connectivity index (χ4n) is 2.40. The van der Waals surface area contributed by atoms with Crippen LogP contribution in [-0.2, 0) is 19.4 Å². The molecule has 0 bridgehead atoms. The molecule has 1 unspecified atom stereocenters. The molecule has 0 aliphatic carbocycles. The topological polar surface area (TPSA) is 89.7 Å². The summed E-state index contributed by atoms with van der Waals surface area (Å²) >= 11 is 1.56. The number of carbonyl (C=O) groups is 1. The van der Waals surface area contributed by atoms with Crippen molar-refractivity contribution in [3.8, 4) is 0 Å². The van der Waals surface area contributed by atoms with E-state index in [4.69, 9.17) is 10.5 Å². The van der Waals surface area contributed by atoms with Gasteiger partial charge in [-0.05, 0) is 12.8 Å². The van der Waals surface area contributed by atoms with E-state index in [0.717, 1.165) is 5.75 Å². The first kappa shape index (κ1) is 15.1. The summed E-state index contributed by atoms with van der Waals surface area (Å²) in [6.07, 6.45) is 2.08. The molecule has 19 heavy (non-hydrogen) atoms. The molecule has 8 heteroatoms. The number of thioether (sulfide) groups is 1. The fourth-order valence-corrected chi connectivity index (χ4v) is 5.22. The van der Waals surface area contributed by atoms with Crippen LogP contribution >= 0.6 is 11.8 Å². The number of carbonyl (C=O) groups excluding carboxylic acids is 1. The van der Waals surface area contributed by atoms with E-state index in [1.807, 2.05) is 0 Å². The molecule has 1 amide bonds. The molecule has 0 aromatic heterocycles. The normalized spacial score (nSPS) is 28.1. The standard InChI is InChI=1S/C11H20N2O4S2/c1-19(15,16)9-8-18-7-4-13(9)10(14)11(12)2-5-17-6-3-11/h9H,2-8,12H2,1H3. The third kappa shape index (κ3) is 3.24. The molecule has 110 valence electrons. The highest BCUT2D eigenvalue weighted by atomic mass is 32.2. The molecule has 2 heterocycles. The Kier molecular flexibility index (Phi) is 4.44. The van der Waals surface area contributed by atoms with Gasteiger partial charge >= 0.3 is 0 Å². The van der Waals surface area contributed by atoms with Gasteiger partial charge in [-0.3, -0.25) is 4.79 Å². The Bertz CT molecular complexity index is 446. The van der Waals surface area contributed by atoms with Crippen molar-refractivity contribution in [2.75, 3.05) is 37.5 Å². The van der Waals surface area contributed by atoms with Gasteiger partial charge in [-0.25, -0.2) is 8.42 Å². The van der Waals surface area contributed by atoms with Crippen molar-refractivity contribution in [1.82, 2.24) is 4.90 Å². The maximum Gasteiger partial charge on any atom is 0.243 e. The van der Waals surface area contributed by atoms with Gasteiger partial charge in [0.25, 0.3) is 0 Å². The highest BCUT2D eigenvalue weighted by Crippen LogP contribution is 2.26. The van der Waals surface area contributed by atoms with Crippen LogP contribution in [0.3, 0.4) is 0 Å². The number of nitrogens with two attached hydrogens (primary N) is 1. The molecule has 2 N–H and O–H groups in total. The van der Waals surface area contributed by atoms with Gasteiger partial charge in [0.1, 0.15) is 5.37 Å². The summed E-state index contributed by atoms with van der Waals surface area (Å²) in [5.41, 5.74) is 5.20. The SMILES string of the molecule is CS(=O)(=O)C1CSCCN1C(=O)C1(N)CCOCC1. The van der Waals surface area contributed by atoms with Gasteiger partial charge < -0.3 is 15.4 Å². The minimum Gasteiger partial charge on any atom is -0.381 e. The fraction of sp³-hybridized carbons (Fsp3) is 0.909. The molecular weight excluding hydrogens is 288 g/mol. The summed E-state index contributed by atoms with van der Waals surface area (Å²) in [6, 6.07) is 0. The molecule has 0 aromatic rings. The van der Waals surface area contributed by atoms with Crippen LogP contribution < -0.4 is 5.73 Å². The second-order valence-corrected chi connectivity index (χ2v) is 8.48. The van der Waals surface area contributed by atoms with E-state index < -0.39 is 20.8 Å². The minimum absolute atomic E-state index is 0.244. The quantitative estimate of drug-likeness (QED) is 0.735. The zero-order valence-corrected chi connectivity index (χ0v) is 12.6. The Morgan fingerprint density at radius 1 is 1.42 bits per heavy atom.